The van der Waals surface area contributed by atoms with Crippen LogP contribution >= 0.6 is 34.5 Å². The lowest BCUT2D eigenvalue weighted by atomic mass is 10.2. The predicted octanol–water partition coefficient (Wildman–Crippen LogP) is 4.59. The predicted molar refractivity (Wildman–Crippen MR) is 106 cm³/mol. The van der Waals surface area contributed by atoms with Gasteiger partial charge in [-0.25, -0.2) is 4.98 Å². The molecule has 2 aromatic carbocycles. The molecular formula is C19H14Cl2N2O3S. The van der Waals surface area contributed by atoms with Crippen LogP contribution in [0.25, 0.3) is 10.6 Å². The average molecular weight is 421 g/mol. The number of halogens is 2. The highest BCUT2D eigenvalue weighted by atomic mass is 35.5. The number of thiazole rings is 1. The summed E-state index contributed by atoms with van der Waals surface area (Å²) in [5, 5.41) is 5.79. The molecule has 138 valence electrons. The van der Waals surface area contributed by atoms with Crippen LogP contribution in [0.15, 0.2) is 53.9 Å². The van der Waals surface area contributed by atoms with Gasteiger partial charge in [0.15, 0.2) is 0 Å². The number of carbonyl (C=O) groups excluding carboxylic acids is 2. The Bertz CT molecular complexity index is 961. The third kappa shape index (κ3) is 5.29. The van der Waals surface area contributed by atoms with E-state index in [4.69, 9.17) is 27.9 Å². The van der Waals surface area contributed by atoms with Gasteiger partial charge in [-0.05, 0) is 18.2 Å². The Labute approximate surface area is 169 Å². The van der Waals surface area contributed by atoms with Gasteiger partial charge in [0.1, 0.15) is 18.2 Å². The van der Waals surface area contributed by atoms with Crippen molar-refractivity contribution in [3.63, 3.8) is 0 Å². The summed E-state index contributed by atoms with van der Waals surface area (Å²) in [6.45, 7) is -0.229. The number of esters is 1. The SMILES string of the molecule is O=C(CNC(=O)c1ccc(Cl)cc1Cl)OCc1csc(-c2ccccc2)n1. The smallest absolute Gasteiger partial charge is 0.325 e. The molecule has 0 atom stereocenters. The molecule has 0 aliphatic rings. The van der Waals surface area contributed by atoms with E-state index >= 15 is 0 Å². The number of ether oxygens (including phenoxy) is 1. The number of rotatable bonds is 6. The van der Waals surface area contributed by atoms with Crippen molar-refractivity contribution in [2.24, 2.45) is 0 Å². The van der Waals surface area contributed by atoms with Crippen LogP contribution < -0.4 is 5.32 Å². The number of nitrogens with one attached hydrogen (secondary N) is 1. The van der Waals surface area contributed by atoms with Crippen LogP contribution in [-0.4, -0.2) is 23.4 Å². The van der Waals surface area contributed by atoms with Gasteiger partial charge in [0.25, 0.3) is 5.91 Å². The molecule has 0 fully saturated rings. The van der Waals surface area contributed by atoms with Crippen molar-refractivity contribution in [1.82, 2.24) is 10.3 Å². The van der Waals surface area contributed by atoms with Crippen molar-refractivity contribution in [2.45, 2.75) is 6.61 Å². The molecule has 3 aromatic rings. The van der Waals surface area contributed by atoms with Crippen LogP contribution in [0.2, 0.25) is 10.0 Å². The third-order valence-electron chi connectivity index (χ3n) is 3.52. The molecule has 0 saturated carbocycles. The van der Waals surface area contributed by atoms with Gasteiger partial charge in [-0.15, -0.1) is 11.3 Å². The number of carbonyl (C=O) groups is 2. The van der Waals surface area contributed by atoms with E-state index in [0.29, 0.717) is 10.7 Å². The second kappa shape index (κ2) is 8.99. The van der Waals surface area contributed by atoms with Gasteiger partial charge in [-0.1, -0.05) is 53.5 Å². The minimum Gasteiger partial charge on any atom is -0.458 e. The van der Waals surface area contributed by atoms with E-state index in [2.05, 4.69) is 10.3 Å². The Morgan fingerprint density at radius 1 is 1.11 bits per heavy atom. The molecule has 1 heterocycles. The molecule has 0 unspecified atom stereocenters. The Hall–Kier alpha value is -2.41. The topological polar surface area (TPSA) is 68.3 Å². The lowest BCUT2D eigenvalue weighted by Crippen LogP contribution is -2.30. The first-order valence-electron chi connectivity index (χ1n) is 7.91. The molecule has 8 heteroatoms. The summed E-state index contributed by atoms with van der Waals surface area (Å²) in [5.74, 6) is -1.05. The van der Waals surface area contributed by atoms with Gasteiger partial charge < -0.3 is 10.1 Å². The van der Waals surface area contributed by atoms with Gasteiger partial charge in [-0.3, -0.25) is 9.59 Å². The molecule has 27 heavy (non-hydrogen) atoms. The van der Waals surface area contributed by atoms with Gasteiger partial charge in [0.05, 0.1) is 16.3 Å². The molecular weight excluding hydrogens is 407 g/mol. The maximum Gasteiger partial charge on any atom is 0.325 e. The Kier molecular flexibility index (Phi) is 6.45. The van der Waals surface area contributed by atoms with Crippen LogP contribution in [0.5, 0.6) is 0 Å². The highest BCUT2D eigenvalue weighted by molar-refractivity contribution is 7.13. The average Bonchev–Trinajstić information content (AvgIpc) is 3.14. The standard InChI is InChI=1S/C19H14Cl2N2O3S/c20-13-6-7-15(16(21)8-13)18(25)22-9-17(24)26-10-14-11-27-19(23-14)12-4-2-1-3-5-12/h1-8,11H,9-10H2,(H,22,25). The van der Waals surface area contributed by atoms with Crippen molar-refractivity contribution < 1.29 is 14.3 Å². The highest BCUT2D eigenvalue weighted by Gasteiger charge is 2.13. The van der Waals surface area contributed by atoms with Crippen molar-refractivity contribution in [3.05, 3.63) is 75.2 Å². The molecule has 0 saturated heterocycles. The van der Waals surface area contributed by atoms with E-state index in [0.717, 1.165) is 10.6 Å². The number of aromatic nitrogens is 1. The fraction of sp³-hybridized carbons (Fsp3) is 0.105. The normalized spacial score (nSPS) is 10.4. The molecule has 0 spiro atoms. The number of hydrogen-bond acceptors (Lipinski definition) is 5. The van der Waals surface area contributed by atoms with Crippen LogP contribution in [-0.2, 0) is 16.1 Å². The lowest BCUT2D eigenvalue weighted by molar-refractivity contribution is -0.143. The van der Waals surface area contributed by atoms with Crippen LogP contribution in [0, 0.1) is 0 Å². The molecule has 0 bridgehead atoms. The third-order valence-corrected chi connectivity index (χ3v) is 5.01. The first kappa shape index (κ1) is 19.4. The summed E-state index contributed by atoms with van der Waals surface area (Å²) in [4.78, 5) is 28.4. The quantitative estimate of drug-likeness (QED) is 0.592. The van der Waals surface area contributed by atoms with E-state index in [1.807, 2.05) is 35.7 Å². The summed E-state index contributed by atoms with van der Waals surface area (Å²) < 4.78 is 5.15. The van der Waals surface area contributed by atoms with Crippen LogP contribution in [0.4, 0.5) is 0 Å². The Morgan fingerprint density at radius 2 is 1.89 bits per heavy atom. The number of hydrogen-bond donors (Lipinski definition) is 1. The van der Waals surface area contributed by atoms with Gasteiger partial charge in [0.2, 0.25) is 0 Å². The first-order valence-corrected chi connectivity index (χ1v) is 9.55. The summed E-state index contributed by atoms with van der Waals surface area (Å²) >= 11 is 13.2. The second-order valence-electron chi connectivity index (χ2n) is 5.48. The van der Waals surface area contributed by atoms with Crippen LogP contribution in [0.3, 0.4) is 0 Å². The molecule has 3 rings (SSSR count). The molecule has 1 amide bonds. The molecule has 1 aromatic heterocycles. The second-order valence-corrected chi connectivity index (χ2v) is 7.18. The summed E-state index contributed by atoms with van der Waals surface area (Å²) in [7, 11) is 0. The zero-order chi connectivity index (χ0) is 19.2. The summed E-state index contributed by atoms with van der Waals surface area (Å²) in [6, 6.07) is 14.2. The van der Waals surface area contributed by atoms with Crippen molar-refractivity contribution in [2.75, 3.05) is 6.54 Å². The minimum atomic E-state index is -0.567. The van der Waals surface area contributed by atoms with E-state index in [-0.39, 0.29) is 23.7 Å². The van der Waals surface area contributed by atoms with E-state index < -0.39 is 11.9 Å². The van der Waals surface area contributed by atoms with E-state index in [9.17, 15) is 9.59 Å². The van der Waals surface area contributed by atoms with Gasteiger partial charge in [0, 0.05) is 16.0 Å². The highest BCUT2D eigenvalue weighted by Crippen LogP contribution is 2.23. The molecule has 5 nitrogen and oxygen atoms in total. The fourth-order valence-corrected chi connectivity index (χ4v) is 3.52. The molecule has 0 radical (unpaired) electrons. The first-order chi connectivity index (χ1) is 13.0. The zero-order valence-electron chi connectivity index (χ0n) is 13.9. The van der Waals surface area contributed by atoms with Gasteiger partial charge in [-0.2, -0.15) is 0 Å². The van der Waals surface area contributed by atoms with Crippen molar-refractivity contribution >= 4 is 46.4 Å². The zero-order valence-corrected chi connectivity index (χ0v) is 16.3. The largest absolute Gasteiger partial charge is 0.458 e. The van der Waals surface area contributed by atoms with E-state index in [1.54, 1.807) is 6.07 Å². The number of amides is 1. The molecule has 0 aliphatic carbocycles. The Morgan fingerprint density at radius 3 is 2.63 bits per heavy atom. The number of nitrogens with zero attached hydrogens (tertiary/aromatic N) is 1. The van der Waals surface area contributed by atoms with Crippen LogP contribution in [0.1, 0.15) is 16.1 Å². The molecule has 1 N–H and O–H groups in total. The minimum absolute atomic E-state index is 0.0414. The summed E-state index contributed by atoms with van der Waals surface area (Å²) in [5.41, 5.74) is 1.90. The van der Waals surface area contributed by atoms with Crippen molar-refractivity contribution in [1.29, 1.82) is 0 Å². The lowest BCUT2D eigenvalue weighted by Gasteiger charge is -2.07. The van der Waals surface area contributed by atoms with Crippen molar-refractivity contribution in [3.8, 4) is 10.6 Å². The Balaban J connectivity index is 1.49. The molecule has 0 aliphatic heterocycles. The number of benzene rings is 2. The summed E-state index contributed by atoms with van der Waals surface area (Å²) in [6.07, 6.45) is 0. The fourth-order valence-electron chi connectivity index (χ4n) is 2.21. The monoisotopic (exact) mass is 420 g/mol. The maximum absolute atomic E-state index is 12.1. The van der Waals surface area contributed by atoms with E-state index in [1.165, 1.54) is 23.5 Å². The maximum atomic E-state index is 12.1. The van der Waals surface area contributed by atoms with Gasteiger partial charge >= 0.3 is 5.97 Å².